The van der Waals surface area contributed by atoms with Crippen molar-refractivity contribution in [2.75, 3.05) is 0 Å². The van der Waals surface area contributed by atoms with Crippen LogP contribution in [0.25, 0.3) is 94.2 Å². The van der Waals surface area contributed by atoms with Gasteiger partial charge in [0.2, 0.25) is 0 Å². The van der Waals surface area contributed by atoms with Crippen LogP contribution in [0.15, 0.2) is 206 Å². The van der Waals surface area contributed by atoms with Crippen molar-refractivity contribution >= 4 is 32.3 Å². The van der Waals surface area contributed by atoms with Crippen LogP contribution in [0.3, 0.4) is 0 Å². The van der Waals surface area contributed by atoms with Gasteiger partial charge in [-0.2, -0.15) is 0 Å². The van der Waals surface area contributed by atoms with Gasteiger partial charge >= 0.3 is 0 Å². The molecule has 0 amide bonds. The molecule has 0 N–H and O–H groups in total. The van der Waals surface area contributed by atoms with E-state index in [1.807, 2.05) is 0 Å². The highest BCUT2D eigenvalue weighted by atomic mass is 15.1. The number of hydrogen-bond acceptors (Lipinski definition) is 1. The number of aromatic nitrogens is 2. The minimum Gasteiger partial charge on any atom is -0.292 e. The molecule has 0 aliphatic carbocycles. The monoisotopic (exact) mass is 674 g/mol. The predicted molar refractivity (Wildman–Crippen MR) is 223 cm³/mol. The van der Waals surface area contributed by atoms with Crippen LogP contribution in [-0.4, -0.2) is 9.55 Å². The second-order valence-electron chi connectivity index (χ2n) is 13.5. The molecule has 2 heteroatoms. The van der Waals surface area contributed by atoms with E-state index in [1.54, 1.807) is 0 Å². The van der Waals surface area contributed by atoms with E-state index >= 15 is 0 Å². The molecule has 0 unspecified atom stereocenters. The van der Waals surface area contributed by atoms with Crippen molar-refractivity contribution in [2.45, 2.75) is 0 Å². The van der Waals surface area contributed by atoms with Crippen molar-refractivity contribution in [2.24, 2.45) is 0 Å². The molecule has 0 radical (unpaired) electrons. The Bertz CT molecular complexity index is 2840. The summed E-state index contributed by atoms with van der Waals surface area (Å²) in [4.78, 5) is 5.39. The fraction of sp³-hybridized carbons (Fsp3) is 0. The molecule has 0 spiro atoms. The van der Waals surface area contributed by atoms with E-state index in [9.17, 15) is 0 Å². The molecule has 10 aromatic rings. The Kier molecular flexibility index (Phi) is 7.51. The molecular formula is C51H34N2. The first-order valence-electron chi connectivity index (χ1n) is 18.1. The zero-order valence-electron chi connectivity index (χ0n) is 29.0. The van der Waals surface area contributed by atoms with Crippen molar-refractivity contribution in [1.29, 1.82) is 0 Å². The lowest BCUT2D eigenvalue weighted by Crippen LogP contribution is -2.00. The van der Waals surface area contributed by atoms with Crippen LogP contribution in [0, 0.1) is 0 Å². The van der Waals surface area contributed by atoms with Gasteiger partial charge in [-0.15, -0.1) is 0 Å². The Balaban J connectivity index is 1.21. The number of hydrogen-bond donors (Lipinski definition) is 0. The normalized spacial score (nSPS) is 11.4. The average molecular weight is 675 g/mol. The van der Waals surface area contributed by atoms with Gasteiger partial charge in [0.1, 0.15) is 5.82 Å². The van der Waals surface area contributed by atoms with Crippen molar-refractivity contribution in [3.63, 3.8) is 0 Å². The quantitative estimate of drug-likeness (QED) is 0.161. The van der Waals surface area contributed by atoms with E-state index in [0.717, 1.165) is 39.6 Å². The number of nitrogens with zero attached hydrogens (tertiary/aromatic N) is 2. The van der Waals surface area contributed by atoms with Gasteiger partial charge in [-0.25, -0.2) is 4.98 Å². The summed E-state index contributed by atoms with van der Waals surface area (Å²) in [6.45, 7) is 0. The summed E-state index contributed by atoms with van der Waals surface area (Å²) in [5.74, 6) is 0.909. The van der Waals surface area contributed by atoms with E-state index in [2.05, 4.69) is 211 Å². The smallest absolute Gasteiger partial charge is 0.145 e. The third-order valence-corrected chi connectivity index (χ3v) is 10.4. The van der Waals surface area contributed by atoms with Gasteiger partial charge in [0, 0.05) is 22.4 Å². The molecular weight excluding hydrogens is 641 g/mol. The Morgan fingerprint density at radius 3 is 1.40 bits per heavy atom. The third kappa shape index (κ3) is 5.23. The summed E-state index contributed by atoms with van der Waals surface area (Å²) in [7, 11) is 0. The van der Waals surface area contributed by atoms with Crippen molar-refractivity contribution in [3.8, 4) is 61.8 Å². The first-order valence-corrected chi connectivity index (χ1v) is 18.1. The molecule has 10 rings (SSSR count). The van der Waals surface area contributed by atoms with Crippen LogP contribution in [0.4, 0.5) is 0 Å². The lowest BCUT2D eigenvalue weighted by molar-refractivity contribution is 1.07. The molecule has 1 heterocycles. The number of benzene rings is 9. The van der Waals surface area contributed by atoms with E-state index in [0.29, 0.717) is 0 Å². The maximum Gasteiger partial charge on any atom is 0.145 e. The van der Waals surface area contributed by atoms with Crippen LogP contribution in [0.2, 0.25) is 0 Å². The Morgan fingerprint density at radius 2 is 0.792 bits per heavy atom. The summed E-state index contributed by atoms with van der Waals surface area (Å²) in [6, 6.07) is 73.9. The fourth-order valence-corrected chi connectivity index (χ4v) is 8.06. The van der Waals surface area contributed by atoms with Crippen molar-refractivity contribution in [3.05, 3.63) is 206 Å². The van der Waals surface area contributed by atoms with E-state index in [1.165, 1.54) is 54.6 Å². The minimum absolute atomic E-state index is 0.909. The highest BCUT2D eigenvalue weighted by molar-refractivity contribution is 6.23. The van der Waals surface area contributed by atoms with Crippen molar-refractivity contribution < 1.29 is 0 Å². The zero-order chi connectivity index (χ0) is 35.1. The summed E-state index contributed by atoms with van der Waals surface area (Å²) in [5.41, 5.74) is 11.3. The van der Waals surface area contributed by atoms with Gasteiger partial charge in [0.15, 0.2) is 0 Å². The summed E-state index contributed by atoms with van der Waals surface area (Å²) in [6.07, 6.45) is 0. The maximum absolute atomic E-state index is 5.39. The lowest BCUT2D eigenvalue weighted by atomic mass is 9.85. The van der Waals surface area contributed by atoms with Crippen LogP contribution < -0.4 is 0 Å². The van der Waals surface area contributed by atoms with E-state index in [-0.39, 0.29) is 0 Å². The summed E-state index contributed by atoms with van der Waals surface area (Å²) >= 11 is 0. The second-order valence-corrected chi connectivity index (χ2v) is 13.5. The molecule has 1 aromatic heterocycles. The standard InChI is InChI=1S/C51H34N2/c1-4-18-37(19-5-1)49-50(38-20-6-2-7-21-38)53(51(52-49)39-22-8-3-9-23-39)40-33-31-36(32-34-40)47-43-26-12-14-28-45(43)48(46-29-15-13-27-44(46)47)42-30-16-24-35-17-10-11-25-41(35)42/h1-34H. The molecule has 248 valence electrons. The molecule has 0 bridgehead atoms. The molecule has 0 aliphatic rings. The summed E-state index contributed by atoms with van der Waals surface area (Å²) < 4.78 is 2.33. The zero-order valence-corrected chi connectivity index (χ0v) is 29.0. The van der Waals surface area contributed by atoms with Crippen LogP contribution in [-0.2, 0) is 0 Å². The first-order chi connectivity index (χ1) is 26.3. The Morgan fingerprint density at radius 1 is 0.321 bits per heavy atom. The lowest BCUT2D eigenvalue weighted by Gasteiger charge is -2.19. The van der Waals surface area contributed by atoms with Gasteiger partial charge in [-0.3, -0.25) is 4.57 Å². The highest BCUT2D eigenvalue weighted by Gasteiger charge is 2.23. The number of rotatable bonds is 6. The SMILES string of the molecule is c1ccc(-c2nc(-c3ccccc3)n(-c3ccc(-c4c5ccccc5c(-c5cccc6ccccc56)c5ccccc45)cc3)c2-c2ccccc2)cc1. The minimum atomic E-state index is 0.909. The molecule has 0 saturated carbocycles. The van der Waals surface area contributed by atoms with Gasteiger partial charge in [0.05, 0.1) is 11.4 Å². The number of fused-ring (bicyclic) bond motifs is 3. The van der Waals surface area contributed by atoms with Crippen LogP contribution in [0.5, 0.6) is 0 Å². The molecule has 0 fully saturated rings. The molecule has 0 atom stereocenters. The second kappa shape index (κ2) is 12.9. The predicted octanol–water partition coefficient (Wildman–Crippen LogP) is 13.7. The fourth-order valence-electron chi connectivity index (χ4n) is 8.06. The Labute approximate surface area is 308 Å². The molecule has 0 saturated heterocycles. The molecule has 2 nitrogen and oxygen atoms in total. The highest BCUT2D eigenvalue weighted by Crippen LogP contribution is 2.46. The molecule has 0 aliphatic heterocycles. The van der Waals surface area contributed by atoms with E-state index < -0.39 is 0 Å². The third-order valence-electron chi connectivity index (χ3n) is 10.4. The largest absolute Gasteiger partial charge is 0.292 e. The average Bonchev–Trinajstić information content (AvgIpc) is 3.65. The molecule has 53 heavy (non-hydrogen) atoms. The molecule has 9 aromatic carbocycles. The van der Waals surface area contributed by atoms with Crippen LogP contribution in [0.1, 0.15) is 0 Å². The summed E-state index contributed by atoms with van der Waals surface area (Å²) in [5, 5.41) is 7.50. The van der Waals surface area contributed by atoms with E-state index in [4.69, 9.17) is 4.98 Å². The van der Waals surface area contributed by atoms with Gasteiger partial charge in [-0.05, 0) is 66.7 Å². The van der Waals surface area contributed by atoms with Crippen LogP contribution >= 0.6 is 0 Å². The maximum atomic E-state index is 5.39. The first kappa shape index (κ1) is 30.8. The Hall–Kier alpha value is -7.03. The topological polar surface area (TPSA) is 17.8 Å². The van der Waals surface area contributed by atoms with Crippen molar-refractivity contribution in [1.82, 2.24) is 9.55 Å². The van der Waals surface area contributed by atoms with Gasteiger partial charge in [-0.1, -0.05) is 194 Å². The van der Waals surface area contributed by atoms with Gasteiger partial charge in [0.25, 0.3) is 0 Å². The number of imidazole rings is 1. The van der Waals surface area contributed by atoms with Gasteiger partial charge < -0.3 is 0 Å².